The third kappa shape index (κ3) is 3.31. The van der Waals surface area contributed by atoms with E-state index in [0.717, 1.165) is 12.8 Å². The Morgan fingerprint density at radius 2 is 2.04 bits per heavy atom. The van der Waals surface area contributed by atoms with Crippen LogP contribution in [0.1, 0.15) is 45.7 Å². The summed E-state index contributed by atoms with van der Waals surface area (Å²) in [6, 6.07) is 15.4. The number of carbonyl (C=O) groups is 1. The SMILES string of the molecule is Cc1nc(COc2ccccc2C(=O)N[C@H]2CCc3ccccc32)no1. The monoisotopic (exact) mass is 349 g/mol. The van der Waals surface area contributed by atoms with Gasteiger partial charge in [0.1, 0.15) is 5.75 Å². The number of benzene rings is 2. The van der Waals surface area contributed by atoms with Gasteiger partial charge in [-0.15, -0.1) is 0 Å². The van der Waals surface area contributed by atoms with Gasteiger partial charge in [-0.3, -0.25) is 4.79 Å². The number of nitrogens with zero attached hydrogens (tertiary/aromatic N) is 2. The Hall–Kier alpha value is -3.15. The Bertz CT molecular complexity index is 935. The van der Waals surface area contributed by atoms with E-state index in [1.54, 1.807) is 19.1 Å². The zero-order chi connectivity index (χ0) is 17.9. The fourth-order valence-electron chi connectivity index (χ4n) is 3.27. The van der Waals surface area contributed by atoms with Gasteiger partial charge >= 0.3 is 0 Å². The summed E-state index contributed by atoms with van der Waals surface area (Å²) >= 11 is 0. The van der Waals surface area contributed by atoms with Gasteiger partial charge in [0.25, 0.3) is 5.91 Å². The quantitative estimate of drug-likeness (QED) is 0.764. The summed E-state index contributed by atoms with van der Waals surface area (Å²) in [7, 11) is 0. The van der Waals surface area contributed by atoms with E-state index in [1.165, 1.54) is 11.1 Å². The maximum Gasteiger partial charge on any atom is 0.255 e. The molecule has 4 rings (SSSR count). The van der Waals surface area contributed by atoms with E-state index < -0.39 is 0 Å². The number of hydrogen-bond acceptors (Lipinski definition) is 5. The molecule has 2 aromatic carbocycles. The fraction of sp³-hybridized carbons (Fsp3) is 0.250. The van der Waals surface area contributed by atoms with Gasteiger partial charge in [0.2, 0.25) is 11.7 Å². The molecule has 0 saturated heterocycles. The third-order valence-electron chi connectivity index (χ3n) is 4.50. The van der Waals surface area contributed by atoms with Gasteiger partial charge in [-0.1, -0.05) is 41.6 Å². The minimum Gasteiger partial charge on any atom is -0.485 e. The molecule has 1 N–H and O–H groups in total. The van der Waals surface area contributed by atoms with Crippen molar-refractivity contribution in [3.8, 4) is 5.75 Å². The van der Waals surface area contributed by atoms with E-state index >= 15 is 0 Å². The lowest BCUT2D eigenvalue weighted by Crippen LogP contribution is -2.27. The Morgan fingerprint density at radius 3 is 2.88 bits per heavy atom. The van der Waals surface area contributed by atoms with Crippen LogP contribution in [0.2, 0.25) is 0 Å². The van der Waals surface area contributed by atoms with E-state index in [4.69, 9.17) is 9.26 Å². The van der Waals surface area contributed by atoms with E-state index in [1.807, 2.05) is 24.3 Å². The molecule has 6 nitrogen and oxygen atoms in total. The van der Waals surface area contributed by atoms with Crippen LogP contribution in [0, 0.1) is 6.92 Å². The van der Waals surface area contributed by atoms with Gasteiger partial charge in [-0.2, -0.15) is 4.98 Å². The van der Waals surface area contributed by atoms with E-state index in [0.29, 0.717) is 23.0 Å². The van der Waals surface area contributed by atoms with Gasteiger partial charge < -0.3 is 14.6 Å². The molecule has 1 aliphatic rings. The molecular weight excluding hydrogens is 330 g/mol. The number of ether oxygens (including phenoxy) is 1. The van der Waals surface area contributed by atoms with Crippen LogP contribution in [-0.2, 0) is 13.0 Å². The van der Waals surface area contributed by atoms with Crippen LogP contribution in [0.15, 0.2) is 53.1 Å². The second kappa shape index (κ2) is 7.00. The first-order valence-corrected chi connectivity index (χ1v) is 8.60. The van der Waals surface area contributed by atoms with Crippen molar-refractivity contribution in [3.05, 3.63) is 76.9 Å². The molecule has 0 saturated carbocycles. The zero-order valence-electron chi connectivity index (χ0n) is 14.4. The number of nitrogens with one attached hydrogen (secondary N) is 1. The highest BCUT2D eigenvalue weighted by atomic mass is 16.5. The molecule has 1 amide bonds. The lowest BCUT2D eigenvalue weighted by atomic mass is 10.1. The highest BCUT2D eigenvalue weighted by Crippen LogP contribution is 2.31. The second-order valence-electron chi connectivity index (χ2n) is 6.28. The minimum absolute atomic E-state index is 0.0339. The standard InChI is InChI=1S/C20H19N3O3/c1-13-21-19(23-26-13)12-25-18-9-5-4-8-16(18)20(24)22-17-11-10-14-6-2-3-7-15(14)17/h2-9,17H,10-12H2,1H3,(H,22,24)/t17-/m0/s1. The van der Waals surface area contributed by atoms with Crippen LogP contribution < -0.4 is 10.1 Å². The molecule has 0 aliphatic heterocycles. The van der Waals surface area contributed by atoms with Gasteiger partial charge in [0.05, 0.1) is 11.6 Å². The van der Waals surface area contributed by atoms with Crippen molar-refractivity contribution in [2.24, 2.45) is 0 Å². The predicted octanol–water partition coefficient (Wildman–Crippen LogP) is 3.37. The molecular formula is C20H19N3O3. The summed E-state index contributed by atoms with van der Waals surface area (Å²) in [4.78, 5) is 16.9. The van der Waals surface area contributed by atoms with E-state index in [9.17, 15) is 4.79 Å². The third-order valence-corrected chi connectivity index (χ3v) is 4.50. The number of aryl methyl sites for hydroxylation is 2. The van der Waals surface area contributed by atoms with Crippen molar-refractivity contribution in [3.63, 3.8) is 0 Å². The molecule has 1 aromatic heterocycles. The highest BCUT2D eigenvalue weighted by Gasteiger charge is 2.24. The summed E-state index contributed by atoms with van der Waals surface area (Å²) in [6.07, 6.45) is 1.90. The molecule has 6 heteroatoms. The number of hydrogen-bond donors (Lipinski definition) is 1. The highest BCUT2D eigenvalue weighted by molar-refractivity contribution is 5.97. The second-order valence-corrected chi connectivity index (χ2v) is 6.28. The molecule has 0 radical (unpaired) electrons. The van der Waals surface area contributed by atoms with Crippen LogP contribution >= 0.6 is 0 Å². The first kappa shape index (κ1) is 16.3. The molecule has 0 spiro atoms. The maximum absolute atomic E-state index is 12.8. The molecule has 0 fully saturated rings. The minimum atomic E-state index is -0.147. The van der Waals surface area contributed by atoms with Gasteiger partial charge in [0, 0.05) is 6.92 Å². The predicted molar refractivity (Wildman–Crippen MR) is 94.8 cm³/mol. The van der Waals surface area contributed by atoms with Crippen molar-refractivity contribution < 1.29 is 14.1 Å². The average Bonchev–Trinajstić information content (AvgIpc) is 3.27. The first-order valence-electron chi connectivity index (χ1n) is 8.60. The van der Waals surface area contributed by atoms with Crippen LogP contribution in [0.4, 0.5) is 0 Å². The van der Waals surface area contributed by atoms with E-state index in [-0.39, 0.29) is 18.6 Å². The summed E-state index contributed by atoms with van der Waals surface area (Å²) < 4.78 is 10.7. The number of para-hydroxylation sites is 1. The molecule has 3 aromatic rings. The largest absolute Gasteiger partial charge is 0.485 e. The Morgan fingerprint density at radius 1 is 1.23 bits per heavy atom. The molecule has 1 aliphatic carbocycles. The molecule has 132 valence electrons. The van der Waals surface area contributed by atoms with Crippen LogP contribution in [0.25, 0.3) is 0 Å². The van der Waals surface area contributed by atoms with Gasteiger partial charge in [-0.05, 0) is 36.1 Å². The fourth-order valence-corrected chi connectivity index (χ4v) is 3.27. The Kier molecular flexibility index (Phi) is 4.39. The van der Waals surface area contributed by atoms with Gasteiger partial charge in [-0.25, -0.2) is 0 Å². The lowest BCUT2D eigenvalue weighted by Gasteiger charge is -2.16. The Balaban J connectivity index is 1.48. The molecule has 26 heavy (non-hydrogen) atoms. The smallest absolute Gasteiger partial charge is 0.255 e. The first-order chi connectivity index (χ1) is 12.7. The maximum atomic E-state index is 12.8. The summed E-state index contributed by atoms with van der Waals surface area (Å²) in [5.74, 6) is 1.28. The number of rotatable bonds is 5. The summed E-state index contributed by atoms with van der Waals surface area (Å²) in [6.45, 7) is 1.87. The van der Waals surface area contributed by atoms with Crippen molar-refractivity contribution in [2.75, 3.05) is 0 Å². The van der Waals surface area contributed by atoms with Crippen molar-refractivity contribution in [1.82, 2.24) is 15.5 Å². The molecule has 1 heterocycles. The Labute approximate surface area is 151 Å². The summed E-state index contributed by atoms with van der Waals surface area (Å²) in [5, 5.41) is 6.93. The van der Waals surface area contributed by atoms with Crippen molar-refractivity contribution in [1.29, 1.82) is 0 Å². The van der Waals surface area contributed by atoms with Crippen molar-refractivity contribution >= 4 is 5.91 Å². The van der Waals surface area contributed by atoms with Gasteiger partial charge in [0.15, 0.2) is 6.61 Å². The molecule has 0 unspecified atom stereocenters. The van der Waals surface area contributed by atoms with Crippen molar-refractivity contribution in [2.45, 2.75) is 32.4 Å². The zero-order valence-corrected chi connectivity index (χ0v) is 14.4. The van der Waals surface area contributed by atoms with Crippen LogP contribution in [0.5, 0.6) is 5.75 Å². The number of amides is 1. The van der Waals surface area contributed by atoms with E-state index in [2.05, 4.69) is 27.6 Å². The lowest BCUT2D eigenvalue weighted by molar-refractivity contribution is 0.0932. The summed E-state index contributed by atoms with van der Waals surface area (Å²) in [5.41, 5.74) is 2.99. The average molecular weight is 349 g/mol. The normalized spacial score (nSPS) is 15.5. The molecule has 0 bridgehead atoms. The number of fused-ring (bicyclic) bond motifs is 1. The number of carbonyl (C=O) groups excluding carboxylic acids is 1. The van der Waals surface area contributed by atoms with Crippen LogP contribution in [-0.4, -0.2) is 16.0 Å². The van der Waals surface area contributed by atoms with Crippen LogP contribution in [0.3, 0.4) is 0 Å². The number of aromatic nitrogens is 2. The topological polar surface area (TPSA) is 77.2 Å². The molecule has 1 atom stereocenters.